The van der Waals surface area contributed by atoms with Gasteiger partial charge in [-0.15, -0.1) is 0 Å². The zero-order chi connectivity index (χ0) is 12.8. The SMILES string of the molecule is [PH3+]c1cccc2ccc3cc4ccccc4cc3c12. The predicted octanol–water partition coefficient (Wildman–Crippen LogP) is 4.38. The lowest BCUT2D eigenvalue weighted by Gasteiger charge is -2.06. The van der Waals surface area contributed by atoms with Crippen LogP contribution in [0.4, 0.5) is 0 Å². The largest absolute Gasteiger partial charge is 0.0949 e. The third-order valence-electron chi connectivity index (χ3n) is 3.81. The fourth-order valence-corrected chi connectivity index (χ4v) is 3.41. The molecule has 1 heteroatoms. The van der Waals surface area contributed by atoms with Crippen molar-refractivity contribution in [3.63, 3.8) is 0 Å². The summed E-state index contributed by atoms with van der Waals surface area (Å²) < 4.78 is 0. The zero-order valence-corrected chi connectivity index (χ0v) is 12.0. The molecule has 0 N–H and O–H groups in total. The molecule has 0 saturated carbocycles. The van der Waals surface area contributed by atoms with Gasteiger partial charge in [0.2, 0.25) is 0 Å². The van der Waals surface area contributed by atoms with E-state index in [1.165, 1.54) is 37.6 Å². The predicted molar refractivity (Wildman–Crippen MR) is 89.7 cm³/mol. The molecule has 0 bridgehead atoms. The number of hydrogen-bond donors (Lipinski definition) is 0. The summed E-state index contributed by atoms with van der Waals surface area (Å²) in [7, 11) is 1.97. The Kier molecular flexibility index (Phi) is 2.33. The van der Waals surface area contributed by atoms with Gasteiger partial charge in [-0.3, -0.25) is 0 Å². The Morgan fingerprint density at radius 1 is 0.579 bits per heavy atom. The Morgan fingerprint density at radius 3 is 2.11 bits per heavy atom. The standard InChI is InChI=1S/C18H13P/c19-17-7-3-6-12-8-9-15-10-13-4-1-2-5-14(13)11-16(15)18(12)17/h1-11H,19H2/p+1. The van der Waals surface area contributed by atoms with Crippen molar-refractivity contribution in [2.24, 2.45) is 0 Å². The fraction of sp³-hybridized carbons (Fsp3) is 0. The topological polar surface area (TPSA) is 0 Å². The molecule has 0 radical (unpaired) electrons. The van der Waals surface area contributed by atoms with Gasteiger partial charge in [-0.2, -0.15) is 0 Å². The molecule has 4 aromatic carbocycles. The normalized spacial score (nSPS) is 11.6. The first-order valence-electron chi connectivity index (χ1n) is 6.49. The molecule has 0 fully saturated rings. The minimum atomic E-state index is 1.31. The maximum Gasteiger partial charge on any atom is 0.0949 e. The summed E-state index contributed by atoms with van der Waals surface area (Å²) >= 11 is 0. The van der Waals surface area contributed by atoms with Crippen molar-refractivity contribution in [2.45, 2.75) is 0 Å². The van der Waals surface area contributed by atoms with E-state index in [2.05, 4.69) is 66.7 Å². The third-order valence-corrected chi connectivity index (χ3v) is 4.40. The van der Waals surface area contributed by atoms with Crippen LogP contribution in [0.5, 0.6) is 0 Å². The summed E-state index contributed by atoms with van der Waals surface area (Å²) in [4.78, 5) is 0. The molecule has 0 amide bonds. The van der Waals surface area contributed by atoms with Gasteiger partial charge in [0, 0.05) is 14.6 Å². The fourth-order valence-electron chi connectivity index (χ4n) is 2.88. The van der Waals surface area contributed by atoms with Crippen LogP contribution in [0.3, 0.4) is 0 Å². The van der Waals surface area contributed by atoms with E-state index >= 15 is 0 Å². The number of fused-ring (bicyclic) bond motifs is 4. The van der Waals surface area contributed by atoms with Crippen LogP contribution in [0, 0.1) is 0 Å². The van der Waals surface area contributed by atoms with Crippen molar-refractivity contribution in [2.75, 3.05) is 0 Å². The Bertz CT molecular complexity index is 922. The molecule has 90 valence electrons. The summed E-state index contributed by atoms with van der Waals surface area (Å²) in [5.74, 6) is 0. The van der Waals surface area contributed by atoms with E-state index in [1.807, 2.05) is 9.24 Å². The summed E-state index contributed by atoms with van der Waals surface area (Å²) in [5.41, 5.74) is 0. The Labute approximate surface area is 114 Å². The Balaban J connectivity index is 2.29. The van der Waals surface area contributed by atoms with Crippen LogP contribution in [-0.4, -0.2) is 0 Å². The van der Waals surface area contributed by atoms with Crippen molar-refractivity contribution in [3.8, 4) is 0 Å². The average molecular weight is 261 g/mol. The van der Waals surface area contributed by atoms with Gasteiger partial charge in [0.15, 0.2) is 0 Å². The molecular formula is C18H14P+. The van der Waals surface area contributed by atoms with Gasteiger partial charge >= 0.3 is 0 Å². The second-order valence-corrected chi connectivity index (χ2v) is 5.76. The number of hydrogen-bond acceptors (Lipinski definition) is 0. The molecular weight excluding hydrogens is 247 g/mol. The first-order valence-corrected chi connectivity index (χ1v) is 7.20. The second kappa shape index (κ2) is 4.05. The zero-order valence-electron chi connectivity index (χ0n) is 10.6. The molecule has 4 aromatic rings. The van der Waals surface area contributed by atoms with Crippen LogP contribution >= 0.6 is 9.24 Å². The van der Waals surface area contributed by atoms with Crippen molar-refractivity contribution in [3.05, 3.63) is 66.7 Å². The molecule has 1 atom stereocenters. The molecule has 0 aliphatic rings. The minimum absolute atomic E-state index is 1.31. The highest BCUT2D eigenvalue weighted by atomic mass is 31.0. The van der Waals surface area contributed by atoms with E-state index in [1.54, 1.807) is 0 Å². The van der Waals surface area contributed by atoms with E-state index in [4.69, 9.17) is 0 Å². The van der Waals surface area contributed by atoms with Crippen molar-refractivity contribution in [1.29, 1.82) is 0 Å². The third kappa shape index (κ3) is 1.64. The van der Waals surface area contributed by atoms with Crippen LogP contribution in [0.1, 0.15) is 0 Å². The average Bonchev–Trinajstić information content (AvgIpc) is 2.45. The second-order valence-electron chi connectivity index (χ2n) is 5.00. The minimum Gasteiger partial charge on any atom is -0.0616 e. The lowest BCUT2D eigenvalue weighted by molar-refractivity contribution is 1.79. The molecule has 0 heterocycles. The van der Waals surface area contributed by atoms with Crippen molar-refractivity contribution >= 4 is 46.9 Å². The van der Waals surface area contributed by atoms with Gasteiger partial charge in [0.05, 0.1) is 5.30 Å². The monoisotopic (exact) mass is 261 g/mol. The first kappa shape index (κ1) is 11.0. The Morgan fingerprint density at radius 2 is 1.26 bits per heavy atom. The van der Waals surface area contributed by atoms with Gasteiger partial charge in [0.25, 0.3) is 0 Å². The first-order chi connectivity index (χ1) is 9.33. The van der Waals surface area contributed by atoms with E-state index in [0.717, 1.165) is 0 Å². The quantitative estimate of drug-likeness (QED) is 0.250. The van der Waals surface area contributed by atoms with Crippen LogP contribution in [0.25, 0.3) is 32.3 Å². The maximum absolute atomic E-state index is 2.32. The molecule has 0 aliphatic heterocycles. The summed E-state index contributed by atoms with van der Waals surface area (Å²) in [5, 5.41) is 9.41. The highest BCUT2D eigenvalue weighted by Crippen LogP contribution is 2.29. The van der Waals surface area contributed by atoms with E-state index < -0.39 is 0 Å². The lowest BCUT2D eigenvalue weighted by Crippen LogP contribution is -1.93. The molecule has 0 nitrogen and oxygen atoms in total. The van der Waals surface area contributed by atoms with Gasteiger partial charge in [0.1, 0.15) is 0 Å². The summed E-state index contributed by atoms with van der Waals surface area (Å²) in [6.45, 7) is 0. The highest BCUT2D eigenvalue weighted by Gasteiger charge is 2.06. The van der Waals surface area contributed by atoms with E-state index in [9.17, 15) is 0 Å². The van der Waals surface area contributed by atoms with E-state index in [0.29, 0.717) is 0 Å². The molecule has 0 spiro atoms. The van der Waals surface area contributed by atoms with Gasteiger partial charge in [-0.25, -0.2) is 0 Å². The van der Waals surface area contributed by atoms with Gasteiger partial charge in [-0.05, 0) is 45.1 Å². The molecule has 19 heavy (non-hydrogen) atoms. The van der Waals surface area contributed by atoms with Gasteiger partial charge < -0.3 is 0 Å². The molecule has 0 saturated heterocycles. The lowest BCUT2D eigenvalue weighted by atomic mass is 9.98. The van der Waals surface area contributed by atoms with Crippen LogP contribution in [0.15, 0.2) is 66.7 Å². The number of rotatable bonds is 0. The molecule has 0 aliphatic carbocycles. The smallest absolute Gasteiger partial charge is 0.0616 e. The Hall–Kier alpha value is -1.91. The molecule has 0 aromatic heterocycles. The molecule has 4 rings (SSSR count). The van der Waals surface area contributed by atoms with Crippen LogP contribution in [-0.2, 0) is 0 Å². The number of benzene rings is 4. The van der Waals surface area contributed by atoms with Crippen LogP contribution in [0.2, 0.25) is 0 Å². The van der Waals surface area contributed by atoms with Crippen LogP contribution < -0.4 is 5.30 Å². The van der Waals surface area contributed by atoms with E-state index in [-0.39, 0.29) is 0 Å². The highest BCUT2D eigenvalue weighted by molar-refractivity contribution is 7.28. The van der Waals surface area contributed by atoms with Gasteiger partial charge in [-0.1, -0.05) is 48.5 Å². The van der Waals surface area contributed by atoms with Crippen molar-refractivity contribution < 1.29 is 0 Å². The van der Waals surface area contributed by atoms with Crippen molar-refractivity contribution in [1.82, 2.24) is 0 Å². The molecule has 1 unspecified atom stereocenters. The summed E-state index contributed by atoms with van der Waals surface area (Å²) in [6, 6.07) is 24.2. The summed E-state index contributed by atoms with van der Waals surface area (Å²) in [6.07, 6.45) is 0. The maximum atomic E-state index is 2.32.